The van der Waals surface area contributed by atoms with Crippen LogP contribution in [0.25, 0.3) is 0 Å². The van der Waals surface area contributed by atoms with Crippen molar-refractivity contribution >= 4 is 17.7 Å². The van der Waals surface area contributed by atoms with Gasteiger partial charge in [-0.1, -0.05) is 18.2 Å². The van der Waals surface area contributed by atoms with Gasteiger partial charge in [-0.3, -0.25) is 0 Å². The standard InChI is InChI=1S/C10H12ClNO2/c1-12(8-7-11)10(13)14-9-5-3-2-4-6-9/h2-6H,7-8H2,1H3. The first kappa shape index (κ1) is 10.9. The third-order valence-electron chi connectivity index (χ3n) is 1.68. The number of hydrogen-bond donors (Lipinski definition) is 0. The molecule has 0 spiro atoms. The first-order valence-corrected chi connectivity index (χ1v) is 4.81. The molecule has 1 aromatic carbocycles. The van der Waals surface area contributed by atoms with E-state index in [9.17, 15) is 4.79 Å². The SMILES string of the molecule is CN(CCCl)C(=O)Oc1ccccc1. The van der Waals surface area contributed by atoms with Crippen LogP contribution < -0.4 is 4.74 Å². The molecule has 0 saturated carbocycles. The summed E-state index contributed by atoms with van der Waals surface area (Å²) in [6, 6.07) is 8.94. The van der Waals surface area contributed by atoms with Crippen molar-refractivity contribution in [2.24, 2.45) is 0 Å². The number of nitrogens with zero attached hydrogens (tertiary/aromatic N) is 1. The number of carbonyl (C=O) groups is 1. The maximum absolute atomic E-state index is 11.3. The molecule has 0 aliphatic rings. The number of carbonyl (C=O) groups excluding carboxylic acids is 1. The van der Waals surface area contributed by atoms with Crippen LogP contribution in [0.1, 0.15) is 0 Å². The molecule has 1 amide bonds. The minimum atomic E-state index is -0.392. The Morgan fingerprint density at radius 3 is 2.64 bits per heavy atom. The summed E-state index contributed by atoms with van der Waals surface area (Å²) in [6.45, 7) is 0.479. The number of para-hydroxylation sites is 1. The van der Waals surface area contributed by atoms with Crippen LogP contribution in [0.3, 0.4) is 0 Å². The molecule has 0 unspecified atom stereocenters. The summed E-state index contributed by atoms with van der Waals surface area (Å²) in [5.74, 6) is 0.944. The van der Waals surface area contributed by atoms with Gasteiger partial charge in [0.2, 0.25) is 0 Å². The van der Waals surface area contributed by atoms with Gasteiger partial charge in [0.1, 0.15) is 5.75 Å². The van der Waals surface area contributed by atoms with Crippen LogP contribution in [-0.2, 0) is 0 Å². The second kappa shape index (κ2) is 5.50. The fourth-order valence-electron chi connectivity index (χ4n) is 0.885. The minimum Gasteiger partial charge on any atom is -0.410 e. The summed E-state index contributed by atoms with van der Waals surface area (Å²) in [5, 5.41) is 0. The molecule has 0 N–H and O–H groups in total. The van der Waals surface area contributed by atoms with E-state index in [1.54, 1.807) is 19.2 Å². The fourth-order valence-corrected chi connectivity index (χ4v) is 1.14. The Hall–Kier alpha value is -1.22. The second-order valence-corrected chi connectivity index (χ2v) is 3.17. The molecule has 0 saturated heterocycles. The van der Waals surface area contributed by atoms with Crippen LogP contribution >= 0.6 is 11.6 Å². The predicted octanol–water partition coefficient (Wildman–Crippen LogP) is 2.36. The highest BCUT2D eigenvalue weighted by molar-refractivity contribution is 6.18. The summed E-state index contributed by atoms with van der Waals surface area (Å²) in [7, 11) is 1.65. The van der Waals surface area contributed by atoms with Crippen LogP contribution in [0, 0.1) is 0 Å². The molecule has 14 heavy (non-hydrogen) atoms. The fraction of sp³-hybridized carbons (Fsp3) is 0.300. The third kappa shape index (κ3) is 3.26. The van der Waals surface area contributed by atoms with Crippen LogP contribution in [0.4, 0.5) is 4.79 Å². The van der Waals surface area contributed by atoms with Crippen LogP contribution in [0.2, 0.25) is 0 Å². The van der Waals surface area contributed by atoms with E-state index >= 15 is 0 Å². The second-order valence-electron chi connectivity index (χ2n) is 2.79. The van der Waals surface area contributed by atoms with Crippen molar-refractivity contribution in [1.29, 1.82) is 0 Å². The molecule has 1 aromatic rings. The Balaban J connectivity index is 2.49. The zero-order valence-electron chi connectivity index (χ0n) is 7.94. The Kier molecular flexibility index (Phi) is 4.26. The van der Waals surface area contributed by atoms with Gasteiger partial charge >= 0.3 is 6.09 Å². The molecule has 0 aliphatic heterocycles. The van der Waals surface area contributed by atoms with E-state index in [0.29, 0.717) is 18.2 Å². The molecule has 0 radical (unpaired) electrons. The number of ether oxygens (including phenoxy) is 1. The van der Waals surface area contributed by atoms with Crippen molar-refractivity contribution < 1.29 is 9.53 Å². The lowest BCUT2D eigenvalue weighted by Gasteiger charge is -2.14. The molecule has 0 aliphatic carbocycles. The molecule has 0 aromatic heterocycles. The smallest absolute Gasteiger partial charge is 0.410 e. The van der Waals surface area contributed by atoms with Crippen molar-refractivity contribution in [3.8, 4) is 5.75 Å². The topological polar surface area (TPSA) is 29.5 Å². The number of amides is 1. The minimum absolute atomic E-state index is 0.392. The summed E-state index contributed by atoms with van der Waals surface area (Å²) in [6.07, 6.45) is -0.392. The largest absolute Gasteiger partial charge is 0.415 e. The number of hydrogen-bond acceptors (Lipinski definition) is 2. The molecule has 0 bridgehead atoms. The number of benzene rings is 1. The van der Waals surface area contributed by atoms with Gasteiger partial charge in [-0.25, -0.2) is 4.79 Å². The monoisotopic (exact) mass is 213 g/mol. The summed E-state index contributed by atoms with van der Waals surface area (Å²) < 4.78 is 5.06. The highest BCUT2D eigenvalue weighted by atomic mass is 35.5. The lowest BCUT2D eigenvalue weighted by molar-refractivity contribution is 0.165. The summed E-state index contributed by atoms with van der Waals surface area (Å²) >= 11 is 5.49. The maximum Gasteiger partial charge on any atom is 0.415 e. The number of rotatable bonds is 3. The number of halogens is 1. The molecular weight excluding hydrogens is 202 g/mol. The first-order valence-electron chi connectivity index (χ1n) is 4.28. The van der Waals surface area contributed by atoms with E-state index in [0.717, 1.165) is 0 Å². The molecule has 1 rings (SSSR count). The van der Waals surface area contributed by atoms with E-state index in [4.69, 9.17) is 16.3 Å². The van der Waals surface area contributed by atoms with Gasteiger partial charge in [0.15, 0.2) is 0 Å². The molecule has 0 atom stereocenters. The van der Waals surface area contributed by atoms with E-state index in [1.807, 2.05) is 18.2 Å². The quantitative estimate of drug-likeness (QED) is 0.722. The molecule has 0 heterocycles. The zero-order valence-corrected chi connectivity index (χ0v) is 8.70. The first-order chi connectivity index (χ1) is 6.74. The van der Waals surface area contributed by atoms with Crippen LogP contribution in [0.5, 0.6) is 5.75 Å². The van der Waals surface area contributed by atoms with E-state index in [-0.39, 0.29) is 0 Å². The normalized spacial score (nSPS) is 9.57. The van der Waals surface area contributed by atoms with Gasteiger partial charge in [-0.2, -0.15) is 0 Å². The van der Waals surface area contributed by atoms with Crippen molar-refractivity contribution in [3.63, 3.8) is 0 Å². The van der Waals surface area contributed by atoms with Gasteiger partial charge in [0.05, 0.1) is 0 Å². The Bertz CT molecular complexity index is 289. The molecule has 0 fully saturated rings. The van der Waals surface area contributed by atoms with Crippen LogP contribution in [-0.4, -0.2) is 30.5 Å². The van der Waals surface area contributed by atoms with Gasteiger partial charge < -0.3 is 9.64 Å². The van der Waals surface area contributed by atoms with Crippen molar-refractivity contribution in [2.75, 3.05) is 19.5 Å². The zero-order chi connectivity index (χ0) is 10.4. The third-order valence-corrected chi connectivity index (χ3v) is 1.85. The molecule has 76 valence electrons. The van der Waals surface area contributed by atoms with Gasteiger partial charge in [0.25, 0.3) is 0 Å². The van der Waals surface area contributed by atoms with E-state index in [1.165, 1.54) is 4.90 Å². The predicted molar refractivity (Wildman–Crippen MR) is 55.8 cm³/mol. The van der Waals surface area contributed by atoms with Gasteiger partial charge in [0, 0.05) is 19.5 Å². The van der Waals surface area contributed by atoms with E-state index < -0.39 is 6.09 Å². The maximum atomic E-state index is 11.3. The molecule has 4 heteroatoms. The highest BCUT2D eigenvalue weighted by Gasteiger charge is 2.09. The summed E-state index contributed by atoms with van der Waals surface area (Å²) in [4.78, 5) is 12.8. The highest BCUT2D eigenvalue weighted by Crippen LogP contribution is 2.09. The van der Waals surface area contributed by atoms with Gasteiger partial charge in [-0.15, -0.1) is 11.6 Å². The molecule has 3 nitrogen and oxygen atoms in total. The Morgan fingerprint density at radius 2 is 2.07 bits per heavy atom. The number of alkyl halides is 1. The lowest BCUT2D eigenvalue weighted by atomic mass is 10.3. The van der Waals surface area contributed by atoms with E-state index in [2.05, 4.69) is 0 Å². The average Bonchev–Trinajstić information content (AvgIpc) is 2.19. The average molecular weight is 214 g/mol. The van der Waals surface area contributed by atoms with Crippen molar-refractivity contribution in [2.45, 2.75) is 0 Å². The van der Waals surface area contributed by atoms with Crippen LogP contribution in [0.15, 0.2) is 30.3 Å². The van der Waals surface area contributed by atoms with Crippen molar-refractivity contribution in [3.05, 3.63) is 30.3 Å². The Morgan fingerprint density at radius 1 is 1.43 bits per heavy atom. The lowest BCUT2D eigenvalue weighted by Crippen LogP contribution is -2.31. The van der Waals surface area contributed by atoms with Crippen molar-refractivity contribution in [1.82, 2.24) is 4.90 Å². The summed E-state index contributed by atoms with van der Waals surface area (Å²) in [5.41, 5.74) is 0. The molecular formula is C10H12ClNO2. The van der Waals surface area contributed by atoms with Gasteiger partial charge in [-0.05, 0) is 12.1 Å². The Labute approximate surface area is 88.2 Å².